The number of amides is 1. The van der Waals surface area contributed by atoms with Crippen molar-refractivity contribution < 1.29 is 41.6 Å². The number of hydrogen-bond acceptors (Lipinski definition) is 13. The van der Waals surface area contributed by atoms with Crippen LogP contribution in [-0.4, -0.2) is 104 Å². The van der Waals surface area contributed by atoms with Crippen LogP contribution in [0.5, 0.6) is 17.4 Å². The Morgan fingerprint density at radius 1 is 0.961 bits per heavy atom. The van der Waals surface area contributed by atoms with Crippen molar-refractivity contribution in [1.82, 2.24) is 24.5 Å². The van der Waals surface area contributed by atoms with Gasteiger partial charge in [-0.15, -0.1) is 0 Å². The fourth-order valence-electron chi connectivity index (χ4n) is 12.2. The number of anilines is 2. The van der Waals surface area contributed by atoms with E-state index in [0.29, 0.717) is 37.0 Å². The first-order chi connectivity index (χ1) is 36.4. The van der Waals surface area contributed by atoms with Gasteiger partial charge in [0.05, 0.1) is 37.2 Å². The van der Waals surface area contributed by atoms with Gasteiger partial charge in [0.15, 0.2) is 17.3 Å². The summed E-state index contributed by atoms with van der Waals surface area (Å²) >= 11 is 0. The molecule has 4 fully saturated rings. The van der Waals surface area contributed by atoms with Gasteiger partial charge < -0.3 is 35.1 Å². The summed E-state index contributed by atoms with van der Waals surface area (Å²) in [6.45, 7) is 11.9. The Labute approximate surface area is 444 Å². The monoisotopic (exact) mass is 1060 g/mol. The normalized spacial score (nSPS) is 22.4. The SMILES string of the molecule is COc1nc2c(cc1Oc1cc(N3CCC4(CC3)CC(N3CCN(Cc5ccc(F)cc5)CC3c3ccccc3C(C)C)C4)ccc1C(=O)NS(=O)(=O)c1cnc(NCC3CCC(C)(O)CC3)c([NH+](C)[O-])c1)C(F)=CC2. The molecule has 0 bridgehead atoms. The third-order valence-electron chi connectivity index (χ3n) is 16.7. The number of carbonyl (C=O) groups excluding carboxylic acids is 1. The number of hydroxylamine groups is 1. The standard InChI is InChI=1S/C58H70F2N8O7S/c1-37(2)44-8-6-7-9-45(44)51-36-66(35-39-10-12-40(59)13-11-39)26-27-68(51)42-31-58(32-42)22-24-67(25-23-58)41-14-15-46(52(28-41)75-53-30-47-48(60)16-17-49(47)63-56(53)74-5)55(69)64-76(72,73)43-29-50(65(4)71)54(62-34-43)61-33-38-18-20-57(3,70)21-19-38/h6-16,28-30,34,37-38,42,51,65,70H,17-27,31-33,35-36H2,1-5H3,(H,61,62)(H,64,69). The second kappa shape index (κ2) is 21.8. The van der Waals surface area contributed by atoms with Gasteiger partial charge in [-0.3, -0.25) is 14.6 Å². The lowest BCUT2D eigenvalue weighted by atomic mass is 9.59. The Morgan fingerprint density at radius 3 is 2.41 bits per heavy atom. The minimum absolute atomic E-state index is 0.00856. The number of halogens is 2. The summed E-state index contributed by atoms with van der Waals surface area (Å²) in [5.74, 6) is -0.711. The third kappa shape index (κ3) is 11.5. The average Bonchev–Trinajstić information content (AvgIpc) is 3.78. The lowest BCUT2D eigenvalue weighted by Gasteiger charge is -2.58. The Bertz CT molecular complexity index is 3070. The van der Waals surface area contributed by atoms with E-state index in [1.54, 1.807) is 12.1 Å². The highest BCUT2D eigenvalue weighted by molar-refractivity contribution is 7.90. The summed E-state index contributed by atoms with van der Waals surface area (Å²) in [7, 11) is -1.85. The number of hydrogen-bond donors (Lipinski definition) is 4. The number of sulfonamides is 1. The number of quaternary nitrogens is 1. The van der Waals surface area contributed by atoms with Gasteiger partial charge in [-0.1, -0.05) is 50.2 Å². The maximum Gasteiger partial charge on any atom is 0.268 e. The zero-order valence-electron chi connectivity index (χ0n) is 44.1. The fraction of sp³-hybridized carbons (Fsp3) is 0.466. The first-order valence-corrected chi connectivity index (χ1v) is 28.2. The number of rotatable bonds is 16. The fourth-order valence-corrected chi connectivity index (χ4v) is 13.1. The molecule has 10 rings (SSSR count). The summed E-state index contributed by atoms with van der Waals surface area (Å²) in [5, 5.41) is 26.1. The van der Waals surface area contributed by atoms with Crippen molar-refractivity contribution in [2.24, 2.45) is 11.3 Å². The first-order valence-electron chi connectivity index (χ1n) is 26.7. The predicted molar refractivity (Wildman–Crippen MR) is 289 cm³/mol. The number of ether oxygens (including phenoxy) is 2. The van der Waals surface area contributed by atoms with E-state index in [-0.39, 0.29) is 74.5 Å². The highest BCUT2D eigenvalue weighted by Gasteiger charge is 2.50. The summed E-state index contributed by atoms with van der Waals surface area (Å²) < 4.78 is 71.0. The van der Waals surface area contributed by atoms with E-state index in [1.165, 1.54) is 61.7 Å². The zero-order valence-corrected chi connectivity index (χ0v) is 44.9. The quantitative estimate of drug-likeness (QED) is 0.0691. The smallest absolute Gasteiger partial charge is 0.268 e. The van der Waals surface area contributed by atoms with Crippen LogP contribution >= 0.6 is 0 Å². The third-order valence-corrected chi connectivity index (χ3v) is 18.0. The van der Waals surface area contributed by atoms with Crippen molar-refractivity contribution in [2.45, 2.75) is 114 Å². The van der Waals surface area contributed by atoms with Crippen LogP contribution in [0.1, 0.15) is 122 Å². The molecule has 2 atom stereocenters. The molecule has 1 spiro atoms. The van der Waals surface area contributed by atoms with Gasteiger partial charge in [0, 0.05) is 87.7 Å². The molecule has 3 aromatic carbocycles. The highest BCUT2D eigenvalue weighted by Crippen LogP contribution is 2.54. The molecule has 2 aliphatic heterocycles. The van der Waals surface area contributed by atoms with E-state index in [2.05, 4.69) is 72.8 Å². The number of allylic oxidation sites excluding steroid dienone is 1. The van der Waals surface area contributed by atoms with E-state index in [9.17, 15) is 32.3 Å². The molecule has 5 aromatic rings. The number of aliphatic hydroxyl groups is 1. The molecular weight excluding hydrogens is 991 g/mol. The van der Waals surface area contributed by atoms with Crippen LogP contribution in [0.4, 0.5) is 26.0 Å². The first kappa shape index (κ1) is 53.4. The molecule has 2 aromatic heterocycles. The van der Waals surface area contributed by atoms with Crippen LogP contribution in [0.25, 0.3) is 5.83 Å². The van der Waals surface area contributed by atoms with E-state index < -0.39 is 32.4 Å². The second-order valence-corrected chi connectivity index (χ2v) is 24.0. The van der Waals surface area contributed by atoms with Crippen LogP contribution in [0, 0.1) is 22.4 Å². The van der Waals surface area contributed by atoms with Crippen molar-refractivity contribution in [2.75, 3.05) is 63.6 Å². The van der Waals surface area contributed by atoms with Crippen molar-refractivity contribution in [3.63, 3.8) is 0 Å². The molecule has 4 heterocycles. The number of benzene rings is 3. The van der Waals surface area contributed by atoms with Crippen LogP contribution in [-0.2, 0) is 23.0 Å². The van der Waals surface area contributed by atoms with Gasteiger partial charge in [0.2, 0.25) is 0 Å². The molecule has 5 aliphatic rings. The molecule has 4 N–H and O–H groups in total. The van der Waals surface area contributed by atoms with Gasteiger partial charge in [-0.25, -0.2) is 31.9 Å². The summed E-state index contributed by atoms with van der Waals surface area (Å²) in [4.78, 5) is 30.2. The van der Waals surface area contributed by atoms with Crippen molar-refractivity contribution >= 4 is 38.9 Å². The van der Waals surface area contributed by atoms with E-state index >= 15 is 0 Å². The molecule has 404 valence electrons. The Hall–Kier alpha value is -6.02. The number of fused-ring (bicyclic) bond motifs is 1. The molecule has 2 saturated carbocycles. The number of carbonyl (C=O) groups is 1. The molecule has 2 saturated heterocycles. The number of aromatic nitrogens is 2. The van der Waals surface area contributed by atoms with Gasteiger partial charge in [0.1, 0.15) is 22.3 Å². The molecule has 76 heavy (non-hydrogen) atoms. The van der Waals surface area contributed by atoms with Crippen molar-refractivity contribution in [3.05, 3.63) is 136 Å². The highest BCUT2D eigenvalue weighted by atomic mass is 32.2. The number of piperazine rings is 1. The lowest BCUT2D eigenvalue weighted by Crippen LogP contribution is -2.98. The molecule has 3 aliphatic carbocycles. The number of methoxy groups -OCH3 is 1. The predicted octanol–water partition coefficient (Wildman–Crippen LogP) is 8.83. The Morgan fingerprint density at radius 2 is 1.70 bits per heavy atom. The van der Waals surface area contributed by atoms with Crippen molar-refractivity contribution in [3.8, 4) is 17.4 Å². The maximum absolute atomic E-state index is 15.0. The van der Waals surface area contributed by atoms with E-state index in [1.807, 2.05) is 19.1 Å². The largest absolute Gasteiger partial charge is 0.629 e. The Balaban J connectivity index is 0.855. The Kier molecular flexibility index (Phi) is 15.3. The topological polar surface area (TPSA) is 177 Å². The molecule has 1 amide bonds. The van der Waals surface area contributed by atoms with Gasteiger partial charge in [-0.05, 0) is 129 Å². The summed E-state index contributed by atoms with van der Waals surface area (Å²) in [6, 6.07) is 24.0. The summed E-state index contributed by atoms with van der Waals surface area (Å²) in [5.41, 5.74) is 4.75. The molecule has 15 nitrogen and oxygen atoms in total. The maximum atomic E-state index is 15.0. The van der Waals surface area contributed by atoms with E-state index in [4.69, 9.17) is 9.47 Å². The van der Waals surface area contributed by atoms with Gasteiger partial charge >= 0.3 is 0 Å². The number of piperidine rings is 1. The van der Waals surface area contributed by atoms with Crippen LogP contribution in [0.15, 0.2) is 96.0 Å². The van der Waals surface area contributed by atoms with Crippen LogP contribution in [0.2, 0.25) is 0 Å². The minimum atomic E-state index is -4.59. The number of pyridine rings is 2. The van der Waals surface area contributed by atoms with Gasteiger partial charge in [-0.2, -0.15) is 0 Å². The zero-order chi connectivity index (χ0) is 53.5. The number of nitrogens with one attached hydrogen (secondary N) is 3. The molecule has 2 unspecified atom stereocenters. The van der Waals surface area contributed by atoms with Crippen molar-refractivity contribution in [1.29, 1.82) is 0 Å². The van der Waals surface area contributed by atoms with Crippen LogP contribution in [0.3, 0.4) is 0 Å². The number of nitrogens with zero attached hydrogens (tertiary/aromatic N) is 5. The van der Waals surface area contributed by atoms with Gasteiger partial charge in [0.25, 0.3) is 21.8 Å². The molecular formula is C58H70F2N8O7S. The lowest BCUT2D eigenvalue weighted by molar-refractivity contribution is -0.751. The summed E-state index contributed by atoms with van der Waals surface area (Å²) in [6.07, 6.45) is 9.80. The molecule has 0 radical (unpaired) electrons. The average molecular weight is 1060 g/mol. The van der Waals surface area contributed by atoms with Crippen LogP contribution < -0.4 is 29.5 Å². The second-order valence-electron chi connectivity index (χ2n) is 22.4. The minimum Gasteiger partial charge on any atom is -0.629 e. The molecule has 18 heteroatoms. The van der Waals surface area contributed by atoms with E-state index in [0.717, 1.165) is 95.2 Å².